The standard InChI is InChI=1S/C18H26N2O3/c1-3-20-16(22)10-9-15(18(23)19-11-6-12-21)17(20)14-8-5-4-7-13(14)2/h4-5,7-8,15,17,21H,3,6,9-12H2,1-2H3,(H,19,23)/t15-,17+/m1/s1. The molecule has 1 aliphatic rings. The molecule has 126 valence electrons. The van der Waals surface area contributed by atoms with Crippen molar-refractivity contribution in [1.82, 2.24) is 10.2 Å². The first-order chi connectivity index (χ1) is 11.1. The van der Waals surface area contributed by atoms with Crippen molar-refractivity contribution in [3.63, 3.8) is 0 Å². The summed E-state index contributed by atoms with van der Waals surface area (Å²) in [7, 11) is 0. The molecule has 1 aliphatic heterocycles. The number of aliphatic hydroxyl groups excluding tert-OH is 1. The Bertz CT molecular complexity index is 559. The van der Waals surface area contributed by atoms with E-state index in [1.807, 2.05) is 43.0 Å². The van der Waals surface area contributed by atoms with Gasteiger partial charge in [0, 0.05) is 26.1 Å². The zero-order valence-corrected chi connectivity index (χ0v) is 13.9. The molecule has 2 atom stereocenters. The van der Waals surface area contributed by atoms with E-state index in [-0.39, 0.29) is 30.4 Å². The van der Waals surface area contributed by atoms with E-state index in [1.54, 1.807) is 0 Å². The third kappa shape index (κ3) is 3.91. The lowest BCUT2D eigenvalue weighted by Gasteiger charge is -2.41. The second-order valence-electron chi connectivity index (χ2n) is 5.99. The highest BCUT2D eigenvalue weighted by Crippen LogP contribution is 2.38. The summed E-state index contributed by atoms with van der Waals surface area (Å²) in [6.07, 6.45) is 1.53. The monoisotopic (exact) mass is 318 g/mol. The minimum absolute atomic E-state index is 0.0300. The van der Waals surface area contributed by atoms with Gasteiger partial charge < -0.3 is 15.3 Å². The lowest BCUT2D eigenvalue weighted by Crippen LogP contribution is -2.48. The number of hydrogen-bond donors (Lipinski definition) is 2. The van der Waals surface area contributed by atoms with Crippen LogP contribution in [0.15, 0.2) is 24.3 Å². The largest absolute Gasteiger partial charge is 0.396 e. The van der Waals surface area contributed by atoms with E-state index in [0.717, 1.165) is 11.1 Å². The molecule has 1 fully saturated rings. The lowest BCUT2D eigenvalue weighted by atomic mass is 9.82. The van der Waals surface area contributed by atoms with Crippen molar-refractivity contribution >= 4 is 11.8 Å². The molecule has 0 unspecified atom stereocenters. The van der Waals surface area contributed by atoms with Crippen LogP contribution in [0.3, 0.4) is 0 Å². The fourth-order valence-electron chi connectivity index (χ4n) is 3.33. The molecule has 0 aromatic heterocycles. The predicted molar refractivity (Wildman–Crippen MR) is 88.7 cm³/mol. The van der Waals surface area contributed by atoms with Crippen LogP contribution in [0, 0.1) is 12.8 Å². The molecule has 1 aromatic rings. The topological polar surface area (TPSA) is 69.6 Å². The molecule has 0 bridgehead atoms. The Hall–Kier alpha value is -1.88. The Kier molecular flexibility index (Phi) is 6.16. The molecular formula is C18H26N2O3. The molecule has 0 aliphatic carbocycles. The van der Waals surface area contributed by atoms with Gasteiger partial charge in [0.15, 0.2) is 0 Å². The van der Waals surface area contributed by atoms with E-state index < -0.39 is 0 Å². The first-order valence-corrected chi connectivity index (χ1v) is 8.33. The van der Waals surface area contributed by atoms with E-state index in [9.17, 15) is 9.59 Å². The molecule has 5 nitrogen and oxygen atoms in total. The molecule has 0 saturated carbocycles. The Balaban J connectivity index is 2.29. The molecule has 2 amide bonds. The number of nitrogens with one attached hydrogen (secondary N) is 1. The number of amides is 2. The highest BCUT2D eigenvalue weighted by molar-refractivity contribution is 5.85. The molecule has 2 rings (SSSR count). The van der Waals surface area contributed by atoms with Gasteiger partial charge in [-0.1, -0.05) is 24.3 Å². The van der Waals surface area contributed by atoms with Gasteiger partial charge in [-0.25, -0.2) is 0 Å². The number of rotatable bonds is 6. The van der Waals surface area contributed by atoms with Crippen molar-refractivity contribution in [1.29, 1.82) is 0 Å². The highest BCUT2D eigenvalue weighted by Gasteiger charge is 2.40. The lowest BCUT2D eigenvalue weighted by molar-refractivity contribution is -0.143. The summed E-state index contributed by atoms with van der Waals surface area (Å²) >= 11 is 0. The Morgan fingerprint density at radius 1 is 1.39 bits per heavy atom. The van der Waals surface area contributed by atoms with Gasteiger partial charge in [0.1, 0.15) is 0 Å². The molecule has 0 radical (unpaired) electrons. The van der Waals surface area contributed by atoms with Crippen LogP contribution in [0.2, 0.25) is 0 Å². The number of carbonyl (C=O) groups excluding carboxylic acids is 2. The predicted octanol–water partition coefficient (Wildman–Crippen LogP) is 1.79. The molecule has 1 aromatic carbocycles. The van der Waals surface area contributed by atoms with Crippen LogP contribution in [0.4, 0.5) is 0 Å². The Morgan fingerprint density at radius 2 is 2.13 bits per heavy atom. The Morgan fingerprint density at radius 3 is 2.78 bits per heavy atom. The third-order valence-electron chi connectivity index (χ3n) is 4.53. The number of benzene rings is 1. The minimum atomic E-state index is -0.243. The second kappa shape index (κ2) is 8.11. The highest BCUT2D eigenvalue weighted by atomic mass is 16.3. The van der Waals surface area contributed by atoms with Crippen LogP contribution in [0.1, 0.15) is 43.4 Å². The van der Waals surface area contributed by atoms with E-state index in [4.69, 9.17) is 5.11 Å². The van der Waals surface area contributed by atoms with Crippen LogP contribution in [-0.4, -0.2) is 41.5 Å². The quantitative estimate of drug-likeness (QED) is 0.786. The first-order valence-electron chi connectivity index (χ1n) is 8.33. The maximum atomic E-state index is 12.6. The van der Waals surface area contributed by atoms with Gasteiger partial charge in [-0.15, -0.1) is 0 Å². The van der Waals surface area contributed by atoms with Crippen molar-refractivity contribution < 1.29 is 14.7 Å². The van der Waals surface area contributed by atoms with Crippen molar-refractivity contribution in [2.24, 2.45) is 5.92 Å². The van der Waals surface area contributed by atoms with Gasteiger partial charge in [0.05, 0.1) is 12.0 Å². The zero-order valence-electron chi connectivity index (χ0n) is 13.9. The van der Waals surface area contributed by atoms with Crippen LogP contribution >= 0.6 is 0 Å². The molecule has 1 heterocycles. The van der Waals surface area contributed by atoms with Gasteiger partial charge in [-0.3, -0.25) is 9.59 Å². The summed E-state index contributed by atoms with van der Waals surface area (Å²) in [4.78, 5) is 26.7. The maximum Gasteiger partial charge on any atom is 0.225 e. The summed E-state index contributed by atoms with van der Waals surface area (Å²) in [6.45, 7) is 5.09. The summed E-state index contributed by atoms with van der Waals surface area (Å²) in [5, 5.41) is 11.8. The van der Waals surface area contributed by atoms with E-state index in [0.29, 0.717) is 32.4 Å². The fourth-order valence-corrected chi connectivity index (χ4v) is 3.33. The SMILES string of the molecule is CCN1C(=O)CC[C@@H](C(=O)NCCCO)[C@@H]1c1ccccc1C. The van der Waals surface area contributed by atoms with Crippen molar-refractivity contribution in [3.8, 4) is 0 Å². The van der Waals surface area contributed by atoms with Crippen LogP contribution in [0.5, 0.6) is 0 Å². The van der Waals surface area contributed by atoms with E-state index >= 15 is 0 Å². The fraction of sp³-hybridized carbons (Fsp3) is 0.556. The normalized spacial score (nSPS) is 21.3. The van der Waals surface area contributed by atoms with Crippen molar-refractivity contribution in [3.05, 3.63) is 35.4 Å². The summed E-state index contributed by atoms with van der Waals surface area (Å²) < 4.78 is 0. The molecule has 0 spiro atoms. The number of hydrogen-bond acceptors (Lipinski definition) is 3. The van der Waals surface area contributed by atoms with E-state index in [1.165, 1.54) is 0 Å². The molecule has 2 N–H and O–H groups in total. The van der Waals surface area contributed by atoms with Gasteiger partial charge in [-0.05, 0) is 37.8 Å². The summed E-state index contributed by atoms with van der Waals surface area (Å²) in [6, 6.07) is 7.74. The van der Waals surface area contributed by atoms with Gasteiger partial charge in [0.2, 0.25) is 11.8 Å². The number of aryl methyl sites for hydroxylation is 1. The van der Waals surface area contributed by atoms with Crippen molar-refractivity contribution in [2.75, 3.05) is 19.7 Å². The second-order valence-corrected chi connectivity index (χ2v) is 5.99. The van der Waals surface area contributed by atoms with Gasteiger partial charge in [-0.2, -0.15) is 0 Å². The van der Waals surface area contributed by atoms with E-state index in [2.05, 4.69) is 5.32 Å². The van der Waals surface area contributed by atoms with Crippen molar-refractivity contribution in [2.45, 2.75) is 39.2 Å². The molecule has 23 heavy (non-hydrogen) atoms. The maximum absolute atomic E-state index is 12.6. The third-order valence-corrected chi connectivity index (χ3v) is 4.53. The number of aliphatic hydroxyl groups is 1. The van der Waals surface area contributed by atoms with Gasteiger partial charge in [0.25, 0.3) is 0 Å². The van der Waals surface area contributed by atoms with Crippen LogP contribution < -0.4 is 5.32 Å². The average molecular weight is 318 g/mol. The Labute approximate surface area is 137 Å². The molecule has 1 saturated heterocycles. The first kappa shape index (κ1) is 17.5. The minimum Gasteiger partial charge on any atom is -0.396 e. The van der Waals surface area contributed by atoms with Crippen LogP contribution in [0.25, 0.3) is 0 Å². The molecular weight excluding hydrogens is 292 g/mol. The summed E-state index contributed by atoms with van der Waals surface area (Å²) in [5.41, 5.74) is 2.14. The van der Waals surface area contributed by atoms with Gasteiger partial charge >= 0.3 is 0 Å². The number of carbonyl (C=O) groups is 2. The molecule has 5 heteroatoms. The smallest absolute Gasteiger partial charge is 0.225 e. The van der Waals surface area contributed by atoms with Crippen LogP contribution in [-0.2, 0) is 9.59 Å². The number of nitrogens with zero attached hydrogens (tertiary/aromatic N) is 1. The average Bonchev–Trinajstić information content (AvgIpc) is 2.55. The number of piperidine rings is 1. The summed E-state index contributed by atoms with van der Waals surface area (Å²) in [5.74, 6) is -0.162. The number of likely N-dealkylation sites (tertiary alicyclic amines) is 1. The zero-order chi connectivity index (χ0) is 16.8.